The van der Waals surface area contributed by atoms with Gasteiger partial charge in [-0.15, -0.1) is 0 Å². The van der Waals surface area contributed by atoms with Gasteiger partial charge in [-0.25, -0.2) is 0 Å². The van der Waals surface area contributed by atoms with Gasteiger partial charge in [-0.05, 0) is 38.8 Å². The molecule has 1 fully saturated rings. The highest BCUT2D eigenvalue weighted by Crippen LogP contribution is 2.27. The first kappa shape index (κ1) is 13.9. The van der Waals surface area contributed by atoms with Crippen LogP contribution in [-0.4, -0.2) is 41.7 Å². The summed E-state index contributed by atoms with van der Waals surface area (Å²) >= 11 is 0. The van der Waals surface area contributed by atoms with E-state index >= 15 is 0 Å². The lowest BCUT2D eigenvalue weighted by atomic mass is 9.94. The van der Waals surface area contributed by atoms with Crippen LogP contribution in [0.5, 0.6) is 5.75 Å². The second-order valence-electron chi connectivity index (χ2n) is 5.43. The molecule has 1 aromatic carbocycles. The third-order valence-electron chi connectivity index (χ3n) is 3.97. The van der Waals surface area contributed by atoms with Crippen molar-refractivity contribution in [2.45, 2.75) is 32.3 Å². The molecule has 1 unspecified atom stereocenters. The first-order chi connectivity index (χ1) is 8.97. The molecule has 1 aromatic rings. The van der Waals surface area contributed by atoms with E-state index in [1.54, 1.807) is 32.2 Å². The van der Waals surface area contributed by atoms with E-state index in [2.05, 4.69) is 0 Å². The normalized spacial score (nSPS) is 23.4. The third-order valence-corrected chi connectivity index (χ3v) is 3.97. The molecular weight excluding hydrogens is 242 g/mol. The van der Waals surface area contributed by atoms with Gasteiger partial charge in [0.1, 0.15) is 5.75 Å². The minimum Gasteiger partial charge on any atom is -0.508 e. The highest BCUT2D eigenvalue weighted by molar-refractivity contribution is 5.96. The number of methoxy groups -OCH3 is 1. The standard InChI is InChI=1S/C15H21NO3/c1-11-12(6-4-7-13(11)17)14(18)16-9-5-8-15(2,10-16)19-3/h4,6-7,17H,5,8-10H2,1-3H3. The van der Waals surface area contributed by atoms with Crippen LogP contribution in [0.1, 0.15) is 35.7 Å². The number of hydrogen-bond acceptors (Lipinski definition) is 3. The summed E-state index contributed by atoms with van der Waals surface area (Å²) in [5.74, 6) is 0.133. The first-order valence-corrected chi connectivity index (χ1v) is 6.60. The summed E-state index contributed by atoms with van der Waals surface area (Å²) < 4.78 is 5.51. The summed E-state index contributed by atoms with van der Waals surface area (Å²) in [5, 5.41) is 9.70. The van der Waals surface area contributed by atoms with Gasteiger partial charge in [0.15, 0.2) is 0 Å². The zero-order chi connectivity index (χ0) is 14.0. The molecule has 19 heavy (non-hydrogen) atoms. The van der Waals surface area contributed by atoms with E-state index in [4.69, 9.17) is 4.74 Å². The largest absolute Gasteiger partial charge is 0.508 e. The van der Waals surface area contributed by atoms with Crippen LogP contribution in [0.2, 0.25) is 0 Å². The maximum Gasteiger partial charge on any atom is 0.254 e. The number of piperidine rings is 1. The fourth-order valence-electron chi connectivity index (χ4n) is 2.57. The fraction of sp³-hybridized carbons (Fsp3) is 0.533. The van der Waals surface area contributed by atoms with Crippen LogP contribution in [-0.2, 0) is 4.74 Å². The van der Waals surface area contributed by atoms with Crippen LogP contribution in [0.4, 0.5) is 0 Å². The van der Waals surface area contributed by atoms with Crippen molar-refractivity contribution in [1.29, 1.82) is 0 Å². The Hall–Kier alpha value is -1.55. The lowest BCUT2D eigenvalue weighted by Crippen LogP contribution is -2.49. The lowest BCUT2D eigenvalue weighted by molar-refractivity contribution is -0.0440. The number of phenolic OH excluding ortho intramolecular Hbond substituents is 1. The Morgan fingerprint density at radius 3 is 2.89 bits per heavy atom. The smallest absolute Gasteiger partial charge is 0.254 e. The van der Waals surface area contributed by atoms with Crippen LogP contribution < -0.4 is 0 Å². The maximum absolute atomic E-state index is 12.5. The molecule has 104 valence electrons. The summed E-state index contributed by atoms with van der Waals surface area (Å²) in [5.41, 5.74) is 0.941. The molecule has 1 heterocycles. The van der Waals surface area contributed by atoms with Crippen molar-refractivity contribution in [3.05, 3.63) is 29.3 Å². The molecular formula is C15H21NO3. The highest BCUT2D eigenvalue weighted by atomic mass is 16.5. The zero-order valence-corrected chi connectivity index (χ0v) is 11.8. The number of benzene rings is 1. The minimum absolute atomic E-state index is 0.0311. The molecule has 1 amide bonds. The number of amides is 1. The first-order valence-electron chi connectivity index (χ1n) is 6.60. The Balaban J connectivity index is 2.22. The number of rotatable bonds is 2. The van der Waals surface area contributed by atoms with Crippen molar-refractivity contribution in [2.75, 3.05) is 20.2 Å². The molecule has 0 aliphatic carbocycles. The monoisotopic (exact) mass is 263 g/mol. The quantitative estimate of drug-likeness (QED) is 0.891. The van der Waals surface area contributed by atoms with Crippen LogP contribution in [0.25, 0.3) is 0 Å². The molecule has 1 N–H and O–H groups in total. The Bertz CT molecular complexity index is 486. The van der Waals surface area contributed by atoms with Gasteiger partial charge in [-0.3, -0.25) is 4.79 Å². The number of nitrogens with zero attached hydrogens (tertiary/aromatic N) is 1. The predicted octanol–water partition coefficient (Wildman–Crippen LogP) is 2.34. The lowest BCUT2D eigenvalue weighted by Gasteiger charge is -2.39. The summed E-state index contributed by atoms with van der Waals surface area (Å²) in [7, 11) is 1.69. The SMILES string of the molecule is COC1(C)CCCN(C(=O)c2cccc(O)c2C)C1. The Morgan fingerprint density at radius 1 is 1.47 bits per heavy atom. The van der Waals surface area contributed by atoms with Crippen molar-refractivity contribution in [3.8, 4) is 5.75 Å². The van der Waals surface area contributed by atoms with Gasteiger partial charge in [0.2, 0.25) is 0 Å². The summed E-state index contributed by atoms with van der Waals surface area (Å²) in [4.78, 5) is 14.4. The molecule has 2 rings (SSSR count). The molecule has 4 heteroatoms. The van der Waals surface area contributed by atoms with Gasteiger partial charge >= 0.3 is 0 Å². The maximum atomic E-state index is 12.5. The van der Waals surface area contributed by atoms with Crippen LogP contribution >= 0.6 is 0 Å². The average Bonchev–Trinajstić information content (AvgIpc) is 2.41. The van der Waals surface area contributed by atoms with E-state index in [1.165, 1.54) is 0 Å². The van der Waals surface area contributed by atoms with Crippen LogP contribution in [0.15, 0.2) is 18.2 Å². The predicted molar refractivity (Wildman–Crippen MR) is 73.4 cm³/mol. The van der Waals surface area contributed by atoms with Crippen molar-refractivity contribution >= 4 is 5.91 Å². The van der Waals surface area contributed by atoms with Gasteiger partial charge in [0, 0.05) is 31.3 Å². The second-order valence-corrected chi connectivity index (χ2v) is 5.43. The van der Waals surface area contributed by atoms with Crippen molar-refractivity contribution < 1.29 is 14.6 Å². The van der Waals surface area contributed by atoms with Crippen molar-refractivity contribution in [2.24, 2.45) is 0 Å². The second kappa shape index (κ2) is 5.21. The number of likely N-dealkylation sites (tertiary alicyclic amines) is 1. The molecule has 0 aromatic heterocycles. The fourth-order valence-corrected chi connectivity index (χ4v) is 2.57. The molecule has 1 aliphatic heterocycles. The number of carbonyl (C=O) groups excluding carboxylic acids is 1. The number of aromatic hydroxyl groups is 1. The van der Waals surface area contributed by atoms with Gasteiger partial charge in [0.25, 0.3) is 5.91 Å². The molecule has 1 atom stereocenters. The Labute approximate surface area is 114 Å². The molecule has 0 spiro atoms. The molecule has 1 saturated heterocycles. The molecule has 0 saturated carbocycles. The zero-order valence-electron chi connectivity index (χ0n) is 11.8. The van der Waals surface area contributed by atoms with E-state index in [1.807, 2.05) is 11.8 Å². The summed E-state index contributed by atoms with van der Waals surface area (Å²) in [6.07, 6.45) is 1.90. The molecule has 1 aliphatic rings. The minimum atomic E-state index is -0.265. The third kappa shape index (κ3) is 2.73. The van der Waals surface area contributed by atoms with Crippen molar-refractivity contribution in [1.82, 2.24) is 4.90 Å². The Kier molecular flexibility index (Phi) is 3.80. The number of carbonyl (C=O) groups is 1. The molecule has 4 nitrogen and oxygen atoms in total. The van der Waals surface area contributed by atoms with Crippen LogP contribution in [0, 0.1) is 6.92 Å². The van der Waals surface area contributed by atoms with E-state index in [9.17, 15) is 9.90 Å². The highest BCUT2D eigenvalue weighted by Gasteiger charge is 2.33. The topological polar surface area (TPSA) is 49.8 Å². The van der Waals surface area contributed by atoms with E-state index in [-0.39, 0.29) is 17.3 Å². The average molecular weight is 263 g/mol. The summed E-state index contributed by atoms with van der Waals surface area (Å²) in [6.45, 7) is 5.13. The Morgan fingerprint density at radius 2 is 2.21 bits per heavy atom. The molecule has 0 bridgehead atoms. The number of hydrogen-bond donors (Lipinski definition) is 1. The molecule has 0 radical (unpaired) electrons. The van der Waals surface area contributed by atoms with Gasteiger partial charge in [-0.2, -0.15) is 0 Å². The number of phenols is 1. The number of ether oxygens (including phenoxy) is 1. The van der Waals surface area contributed by atoms with E-state index in [0.717, 1.165) is 19.4 Å². The van der Waals surface area contributed by atoms with Crippen molar-refractivity contribution in [3.63, 3.8) is 0 Å². The summed E-state index contributed by atoms with van der Waals surface area (Å²) in [6, 6.07) is 5.06. The van der Waals surface area contributed by atoms with Crippen LogP contribution in [0.3, 0.4) is 0 Å². The van der Waals surface area contributed by atoms with E-state index in [0.29, 0.717) is 17.7 Å². The van der Waals surface area contributed by atoms with Gasteiger partial charge in [0.05, 0.1) is 5.60 Å². The van der Waals surface area contributed by atoms with Gasteiger partial charge in [-0.1, -0.05) is 6.07 Å². The van der Waals surface area contributed by atoms with E-state index < -0.39 is 0 Å². The van der Waals surface area contributed by atoms with Gasteiger partial charge < -0.3 is 14.7 Å².